The number of halogens is 2. The summed E-state index contributed by atoms with van der Waals surface area (Å²) in [6.07, 6.45) is 0.569. The number of hydrogen-bond acceptors (Lipinski definition) is 4. The maximum absolute atomic E-state index is 13.4. The zero-order valence-corrected chi connectivity index (χ0v) is 25.1. The van der Waals surface area contributed by atoms with E-state index in [2.05, 4.69) is 37.2 Å². The van der Waals surface area contributed by atoms with Crippen molar-refractivity contribution in [2.24, 2.45) is 5.92 Å². The van der Waals surface area contributed by atoms with Gasteiger partial charge in [0.25, 0.3) is 5.91 Å². The Kier molecular flexibility index (Phi) is 11.4. The standard InChI is InChI=1S/C26H34BrFN4O4Si/c1-4-21(22(33)23(34)29-15-18-10-11-20(28)19(27)12-18)31-24(35)26(37,13-16(2)3)32-25(36)30-14-17-8-6-5-7-9-17/h5-12,16,21H,4,13-15H2,1-3,37H3,(H,29,34)(H,31,35)(H2,30,32,36)/t21?,26-/m0/s1. The molecular weight excluding hydrogens is 559 g/mol. The van der Waals surface area contributed by atoms with Gasteiger partial charge in [-0.3, -0.25) is 14.4 Å². The molecule has 11 heteroatoms. The maximum Gasteiger partial charge on any atom is 0.315 e. The van der Waals surface area contributed by atoms with Gasteiger partial charge in [0, 0.05) is 23.3 Å². The molecule has 2 rings (SSSR count). The Bertz CT molecular complexity index is 1120. The highest BCUT2D eigenvalue weighted by molar-refractivity contribution is 9.10. The van der Waals surface area contributed by atoms with Crippen molar-refractivity contribution >= 4 is 49.8 Å². The molecule has 0 saturated heterocycles. The molecule has 2 aromatic rings. The average Bonchev–Trinajstić information content (AvgIpc) is 2.86. The minimum absolute atomic E-state index is 0.0228. The summed E-state index contributed by atoms with van der Waals surface area (Å²) in [6.45, 7) is 5.88. The molecule has 0 bridgehead atoms. The van der Waals surface area contributed by atoms with Crippen molar-refractivity contribution in [3.05, 3.63) is 69.9 Å². The molecule has 0 heterocycles. The van der Waals surface area contributed by atoms with Gasteiger partial charge in [0.05, 0.1) is 15.7 Å². The van der Waals surface area contributed by atoms with E-state index in [9.17, 15) is 23.6 Å². The number of benzene rings is 2. The van der Waals surface area contributed by atoms with Gasteiger partial charge in [-0.25, -0.2) is 9.18 Å². The van der Waals surface area contributed by atoms with Crippen molar-refractivity contribution in [1.82, 2.24) is 21.3 Å². The number of hydrogen-bond donors (Lipinski definition) is 4. The summed E-state index contributed by atoms with van der Waals surface area (Å²) in [5, 5.41) is 9.57. The van der Waals surface area contributed by atoms with E-state index in [0.29, 0.717) is 18.5 Å². The maximum atomic E-state index is 13.4. The second kappa shape index (κ2) is 14.0. The second-order valence-corrected chi connectivity index (χ2v) is 12.0. The van der Waals surface area contributed by atoms with Crippen molar-refractivity contribution in [3.63, 3.8) is 0 Å². The highest BCUT2D eigenvalue weighted by Crippen LogP contribution is 2.17. The molecule has 0 aliphatic heterocycles. The minimum atomic E-state index is -1.18. The van der Waals surface area contributed by atoms with Crippen LogP contribution in [0.4, 0.5) is 9.18 Å². The van der Waals surface area contributed by atoms with Gasteiger partial charge in [-0.1, -0.05) is 57.2 Å². The van der Waals surface area contributed by atoms with Gasteiger partial charge in [0.15, 0.2) is 0 Å². The van der Waals surface area contributed by atoms with E-state index in [1.54, 1.807) is 6.92 Å². The second-order valence-electron chi connectivity index (χ2n) is 9.45. The molecule has 0 spiro atoms. The Morgan fingerprint density at radius 1 is 1.00 bits per heavy atom. The third-order valence-electron chi connectivity index (χ3n) is 5.69. The third kappa shape index (κ3) is 9.40. The van der Waals surface area contributed by atoms with E-state index in [4.69, 9.17) is 0 Å². The van der Waals surface area contributed by atoms with Crippen molar-refractivity contribution < 1.29 is 23.6 Å². The van der Waals surface area contributed by atoms with Crippen LogP contribution in [0.5, 0.6) is 0 Å². The molecular formula is C26H34BrFN4O4Si. The van der Waals surface area contributed by atoms with Crippen LogP contribution in [0.3, 0.4) is 0 Å². The first-order valence-electron chi connectivity index (χ1n) is 12.1. The molecule has 0 saturated carbocycles. The summed E-state index contributed by atoms with van der Waals surface area (Å²) in [7, 11) is 0.277. The van der Waals surface area contributed by atoms with Gasteiger partial charge in [-0.15, -0.1) is 0 Å². The minimum Gasteiger partial charge on any atom is -0.345 e. The first-order valence-corrected chi connectivity index (χ1v) is 13.9. The topological polar surface area (TPSA) is 116 Å². The number of urea groups is 1. The van der Waals surface area contributed by atoms with Gasteiger partial charge in [-0.05, 0) is 57.9 Å². The number of carbonyl (C=O) groups excluding carboxylic acids is 4. The average molecular weight is 594 g/mol. The first-order chi connectivity index (χ1) is 17.4. The lowest BCUT2D eigenvalue weighted by molar-refractivity contribution is -0.140. The van der Waals surface area contributed by atoms with E-state index in [-0.39, 0.29) is 33.6 Å². The number of Topliss-reactive ketones (excluding diaryl/α,β-unsaturated/α-hetero) is 1. The number of nitrogens with one attached hydrogen (secondary N) is 4. The van der Waals surface area contributed by atoms with Gasteiger partial charge in [0.2, 0.25) is 11.7 Å². The van der Waals surface area contributed by atoms with Crippen molar-refractivity contribution in [3.8, 4) is 0 Å². The molecule has 2 aromatic carbocycles. The summed E-state index contributed by atoms with van der Waals surface area (Å²) >= 11 is 3.08. The molecule has 0 aliphatic carbocycles. The molecule has 2 atom stereocenters. The number of amides is 4. The summed E-state index contributed by atoms with van der Waals surface area (Å²) in [5.41, 5.74) is 1.52. The molecule has 200 valence electrons. The Morgan fingerprint density at radius 2 is 1.65 bits per heavy atom. The molecule has 37 heavy (non-hydrogen) atoms. The summed E-state index contributed by atoms with van der Waals surface area (Å²) in [4.78, 5) is 51.3. The Labute approximate surface area is 228 Å². The van der Waals surface area contributed by atoms with Crippen molar-refractivity contribution in [2.45, 2.75) is 57.9 Å². The predicted octanol–water partition coefficient (Wildman–Crippen LogP) is 2.28. The van der Waals surface area contributed by atoms with Crippen LogP contribution >= 0.6 is 15.9 Å². The van der Waals surface area contributed by atoms with Crippen LogP contribution in [0.1, 0.15) is 44.7 Å². The van der Waals surface area contributed by atoms with E-state index >= 15 is 0 Å². The van der Waals surface area contributed by atoms with Gasteiger partial charge >= 0.3 is 6.03 Å². The van der Waals surface area contributed by atoms with Gasteiger partial charge in [0.1, 0.15) is 5.82 Å². The SMILES string of the molecule is CCC(NC(=O)[C@@]([SiH3])(CC(C)C)NC(=O)NCc1ccccc1)C(=O)C(=O)NCc1ccc(F)c(Br)c1. The first kappa shape index (κ1) is 30.2. The molecule has 0 aliphatic rings. The fraction of sp³-hybridized carbons (Fsp3) is 0.385. The molecule has 0 aromatic heterocycles. The summed E-state index contributed by atoms with van der Waals surface area (Å²) in [5.74, 6) is -2.50. The lowest BCUT2D eigenvalue weighted by atomic mass is 10.0. The molecule has 0 radical (unpaired) electrons. The monoisotopic (exact) mass is 592 g/mol. The van der Waals surface area contributed by atoms with Crippen LogP contribution in [0.15, 0.2) is 53.0 Å². The fourth-order valence-electron chi connectivity index (χ4n) is 3.84. The summed E-state index contributed by atoms with van der Waals surface area (Å²) in [6, 6.07) is 12.1. The van der Waals surface area contributed by atoms with Crippen molar-refractivity contribution in [2.75, 3.05) is 0 Å². The zero-order chi connectivity index (χ0) is 27.6. The lowest BCUT2D eigenvalue weighted by Gasteiger charge is -2.33. The Hall–Kier alpha value is -3.05. The quantitative estimate of drug-likeness (QED) is 0.223. The van der Waals surface area contributed by atoms with E-state index < -0.39 is 40.6 Å². The molecule has 4 amide bonds. The van der Waals surface area contributed by atoms with E-state index in [1.165, 1.54) is 18.2 Å². The van der Waals surface area contributed by atoms with E-state index in [0.717, 1.165) is 5.56 Å². The van der Waals surface area contributed by atoms with Crippen LogP contribution in [0.25, 0.3) is 0 Å². The van der Waals surface area contributed by atoms with Crippen LogP contribution < -0.4 is 21.3 Å². The summed E-state index contributed by atoms with van der Waals surface area (Å²) < 4.78 is 13.7. The van der Waals surface area contributed by atoms with Crippen LogP contribution in [-0.2, 0) is 27.5 Å². The molecule has 1 unspecified atom stereocenters. The zero-order valence-electron chi connectivity index (χ0n) is 21.5. The smallest absolute Gasteiger partial charge is 0.315 e. The van der Waals surface area contributed by atoms with Crippen molar-refractivity contribution in [1.29, 1.82) is 0 Å². The van der Waals surface area contributed by atoms with Gasteiger partial charge in [-0.2, -0.15) is 0 Å². The van der Waals surface area contributed by atoms with Gasteiger partial charge < -0.3 is 21.3 Å². The number of ketones is 1. The third-order valence-corrected chi connectivity index (χ3v) is 7.41. The normalized spacial score (nSPS) is 13.4. The number of rotatable bonds is 12. The molecule has 4 N–H and O–H groups in total. The molecule has 0 fully saturated rings. The van der Waals surface area contributed by atoms with Crippen LogP contribution in [0, 0.1) is 11.7 Å². The Balaban J connectivity index is 2.02. The Morgan fingerprint density at radius 3 is 2.24 bits per heavy atom. The lowest BCUT2D eigenvalue weighted by Crippen LogP contribution is -2.64. The number of carbonyl (C=O) groups is 4. The highest BCUT2D eigenvalue weighted by Gasteiger charge is 2.38. The van der Waals surface area contributed by atoms with E-state index in [1.807, 2.05) is 44.2 Å². The highest BCUT2D eigenvalue weighted by atomic mass is 79.9. The predicted molar refractivity (Wildman–Crippen MR) is 147 cm³/mol. The van der Waals surface area contributed by atoms with Crippen LogP contribution in [-0.4, -0.2) is 45.1 Å². The fourth-order valence-corrected chi connectivity index (χ4v) is 5.45. The van der Waals surface area contributed by atoms with Crippen LogP contribution in [0.2, 0.25) is 0 Å². The molecule has 8 nitrogen and oxygen atoms in total. The largest absolute Gasteiger partial charge is 0.345 e.